The van der Waals surface area contributed by atoms with Gasteiger partial charge in [-0.15, -0.1) is 0 Å². The summed E-state index contributed by atoms with van der Waals surface area (Å²) in [7, 11) is 3.83. The van der Waals surface area contributed by atoms with Gasteiger partial charge in [-0.05, 0) is 38.1 Å². The molecule has 1 aliphatic heterocycles. The third-order valence-electron chi connectivity index (χ3n) is 4.41. The molecule has 8 heteroatoms. The van der Waals surface area contributed by atoms with Crippen LogP contribution in [0.15, 0.2) is 24.3 Å². The van der Waals surface area contributed by atoms with Crippen LogP contribution in [0, 0.1) is 0 Å². The maximum atomic E-state index is 12.3. The minimum absolute atomic E-state index is 0.0186. The van der Waals surface area contributed by atoms with Crippen molar-refractivity contribution in [3.63, 3.8) is 0 Å². The van der Waals surface area contributed by atoms with Crippen molar-refractivity contribution in [2.45, 2.75) is 50.7 Å². The molecule has 4 atom stereocenters. The summed E-state index contributed by atoms with van der Waals surface area (Å²) in [5.74, 6) is -0.557. The number of nitrogens with one attached hydrogen (secondary N) is 2. The number of carbonyl (C=O) groups excluding carboxylic acids is 2. The van der Waals surface area contributed by atoms with Crippen LogP contribution in [-0.2, 0) is 9.53 Å². The largest absolute Gasteiger partial charge is 0.388 e. The van der Waals surface area contributed by atoms with Gasteiger partial charge in [0.15, 0.2) is 0 Å². The van der Waals surface area contributed by atoms with E-state index < -0.39 is 24.4 Å². The molecule has 0 aromatic heterocycles. The number of hydrogen-bond donors (Lipinski definition) is 4. The number of aliphatic hydroxyl groups excluding tert-OH is 2. The fourth-order valence-electron chi connectivity index (χ4n) is 2.93. The molecule has 27 heavy (non-hydrogen) atoms. The van der Waals surface area contributed by atoms with Crippen LogP contribution in [0.4, 0.5) is 5.69 Å². The molecule has 150 valence electrons. The predicted molar refractivity (Wildman–Crippen MR) is 102 cm³/mol. The molecule has 2 rings (SSSR count). The Balaban J connectivity index is 1.87. The molecule has 1 aromatic carbocycles. The van der Waals surface area contributed by atoms with Crippen molar-refractivity contribution >= 4 is 17.5 Å². The number of benzene rings is 1. The normalized spacial score (nSPS) is 24.7. The van der Waals surface area contributed by atoms with Gasteiger partial charge < -0.3 is 30.5 Å². The fraction of sp³-hybridized carbons (Fsp3) is 0.579. The minimum Gasteiger partial charge on any atom is -0.388 e. The summed E-state index contributed by atoms with van der Waals surface area (Å²) in [4.78, 5) is 26.0. The van der Waals surface area contributed by atoms with E-state index in [1.54, 1.807) is 12.1 Å². The lowest BCUT2D eigenvalue weighted by molar-refractivity contribution is -0.125. The summed E-state index contributed by atoms with van der Waals surface area (Å²) in [6, 6.07) is 7.08. The van der Waals surface area contributed by atoms with Gasteiger partial charge in [0.25, 0.3) is 5.91 Å². The summed E-state index contributed by atoms with van der Waals surface area (Å²) < 4.78 is 5.59. The van der Waals surface area contributed by atoms with Gasteiger partial charge in [0.2, 0.25) is 5.91 Å². The summed E-state index contributed by atoms with van der Waals surface area (Å²) in [6.45, 7) is 3.71. The fourth-order valence-corrected chi connectivity index (χ4v) is 2.93. The first-order valence-corrected chi connectivity index (χ1v) is 9.05. The molecule has 1 aliphatic rings. The lowest BCUT2D eigenvalue weighted by Gasteiger charge is -2.16. The van der Waals surface area contributed by atoms with Crippen LogP contribution in [0.1, 0.15) is 30.6 Å². The maximum Gasteiger partial charge on any atom is 0.251 e. The van der Waals surface area contributed by atoms with E-state index >= 15 is 0 Å². The van der Waals surface area contributed by atoms with E-state index in [2.05, 4.69) is 10.6 Å². The third-order valence-corrected chi connectivity index (χ3v) is 4.41. The second-order valence-corrected chi connectivity index (χ2v) is 7.27. The van der Waals surface area contributed by atoms with Crippen molar-refractivity contribution < 1.29 is 24.5 Å². The Morgan fingerprint density at radius 2 is 1.70 bits per heavy atom. The monoisotopic (exact) mass is 379 g/mol. The van der Waals surface area contributed by atoms with Gasteiger partial charge in [0.05, 0.1) is 12.5 Å². The maximum absolute atomic E-state index is 12.3. The Morgan fingerprint density at radius 1 is 1.11 bits per heavy atom. The zero-order chi connectivity index (χ0) is 20.1. The summed E-state index contributed by atoms with van der Waals surface area (Å²) in [5.41, 5.74) is 1.47. The summed E-state index contributed by atoms with van der Waals surface area (Å²) >= 11 is 0. The molecular weight excluding hydrogens is 350 g/mol. The number of hydrogen-bond acceptors (Lipinski definition) is 6. The standard InChI is InChI=1S/C19H29N3O5/c1-11(2)21-16(23)9-14-17(24)18(25)15(27-14)10-20-19(26)12-5-7-13(8-6-12)22(3)4/h5-8,11,14-15,17-18,24-25H,9-10H2,1-4H3,(H,20,26)(H,21,23)/t14-,15-,17+,18-/m1/s1. The van der Waals surface area contributed by atoms with E-state index in [4.69, 9.17) is 4.74 Å². The van der Waals surface area contributed by atoms with Crippen molar-refractivity contribution in [2.75, 3.05) is 25.5 Å². The molecule has 2 amide bonds. The van der Waals surface area contributed by atoms with Crippen molar-refractivity contribution in [2.24, 2.45) is 0 Å². The van der Waals surface area contributed by atoms with Crippen LogP contribution in [-0.4, -0.2) is 73.1 Å². The van der Waals surface area contributed by atoms with E-state index in [-0.39, 0.29) is 30.8 Å². The van der Waals surface area contributed by atoms with E-state index in [9.17, 15) is 19.8 Å². The van der Waals surface area contributed by atoms with Crippen LogP contribution in [0.3, 0.4) is 0 Å². The molecule has 1 aromatic rings. The third kappa shape index (κ3) is 5.66. The van der Waals surface area contributed by atoms with Crippen molar-refractivity contribution in [1.29, 1.82) is 0 Å². The van der Waals surface area contributed by atoms with E-state index in [1.807, 2.05) is 45.0 Å². The molecule has 8 nitrogen and oxygen atoms in total. The Kier molecular flexibility index (Phi) is 7.18. The number of amides is 2. The van der Waals surface area contributed by atoms with Gasteiger partial charge in [-0.1, -0.05) is 0 Å². The highest BCUT2D eigenvalue weighted by atomic mass is 16.5. The van der Waals surface area contributed by atoms with Crippen LogP contribution >= 0.6 is 0 Å². The quantitative estimate of drug-likeness (QED) is 0.526. The zero-order valence-electron chi connectivity index (χ0n) is 16.2. The number of nitrogens with zero attached hydrogens (tertiary/aromatic N) is 1. The summed E-state index contributed by atoms with van der Waals surface area (Å²) in [6.07, 6.45) is -3.98. The minimum atomic E-state index is -1.18. The van der Waals surface area contributed by atoms with E-state index in [0.717, 1.165) is 5.69 Å². The molecule has 1 saturated heterocycles. The predicted octanol–water partition coefficient (Wildman–Crippen LogP) is -0.114. The van der Waals surface area contributed by atoms with E-state index in [1.165, 1.54) is 0 Å². The molecular formula is C19H29N3O5. The number of carbonyl (C=O) groups is 2. The highest BCUT2D eigenvalue weighted by Crippen LogP contribution is 2.23. The van der Waals surface area contributed by atoms with Gasteiger partial charge in [-0.25, -0.2) is 0 Å². The number of rotatable bonds is 7. The second-order valence-electron chi connectivity index (χ2n) is 7.27. The second kappa shape index (κ2) is 9.16. The Labute approximate surface area is 159 Å². The Bertz CT molecular complexity index is 647. The first kappa shape index (κ1) is 21.1. The van der Waals surface area contributed by atoms with Crippen LogP contribution in [0.5, 0.6) is 0 Å². The first-order valence-electron chi connectivity index (χ1n) is 9.05. The van der Waals surface area contributed by atoms with Crippen molar-refractivity contribution in [1.82, 2.24) is 10.6 Å². The van der Waals surface area contributed by atoms with Gasteiger partial charge >= 0.3 is 0 Å². The average molecular weight is 379 g/mol. The Hall–Kier alpha value is -2.16. The molecule has 0 bridgehead atoms. The van der Waals surface area contributed by atoms with Gasteiger partial charge in [-0.2, -0.15) is 0 Å². The molecule has 4 N–H and O–H groups in total. The molecule has 0 radical (unpaired) electrons. The summed E-state index contributed by atoms with van der Waals surface area (Å²) in [5, 5.41) is 25.7. The highest BCUT2D eigenvalue weighted by molar-refractivity contribution is 5.94. The SMILES string of the molecule is CC(C)NC(=O)C[C@H]1O[C@H](CNC(=O)c2ccc(N(C)C)cc2)[C@@H](O)[C@H]1O. The first-order chi connectivity index (χ1) is 12.7. The zero-order valence-corrected chi connectivity index (χ0v) is 16.2. The van der Waals surface area contributed by atoms with Gasteiger partial charge in [-0.3, -0.25) is 9.59 Å². The van der Waals surface area contributed by atoms with Crippen LogP contribution in [0.2, 0.25) is 0 Å². The van der Waals surface area contributed by atoms with E-state index in [0.29, 0.717) is 5.56 Å². The van der Waals surface area contributed by atoms with Crippen molar-refractivity contribution in [3.8, 4) is 0 Å². The number of anilines is 1. The lowest BCUT2D eigenvalue weighted by Crippen LogP contribution is -2.40. The van der Waals surface area contributed by atoms with Gasteiger partial charge in [0, 0.05) is 37.9 Å². The molecule has 0 saturated carbocycles. The molecule has 0 spiro atoms. The highest BCUT2D eigenvalue weighted by Gasteiger charge is 2.43. The Morgan fingerprint density at radius 3 is 2.26 bits per heavy atom. The molecule has 1 heterocycles. The van der Waals surface area contributed by atoms with Gasteiger partial charge in [0.1, 0.15) is 18.3 Å². The molecule has 0 unspecified atom stereocenters. The van der Waals surface area contributed by atoms with Crippen LogP contribution < -0.4 is 15.5 Å². The van der Waals surface area contributed by atoms with Crippen LogP contribution in [0.25, 0.3) is 0 Å². The smallest absolute Gasteiger partial charge is 0.251 e. The lowest BCUT2D eigenvalue weighted by atomic mass is 10.1. The molecule has 1 fully saturated rings. The molecule has 0 aliphatic carbocycles. The topological polar surface area (TPSA) is 111 Å². The van der Waals surface area contributed by atoms with Crippen molar-refractivity contribution in [3.05, 3.63) is 29.8 Å². The average Bonchev–Trinajstić information content (AvgIpc) is 2.87. The number of ether oxygens (including phenoxy) is 1. The number of aliphatic hydroxyl groups is 2.